The zero-order valence-corrected chi connectivity index (χ0v) is 18.2. The van der Waals surface area contributed by atoms with Gasteiger partial charge in [-0.2, -0.15) is 0 Å². The van der Waals surface area contributed by atoms with Gasteiger partial charge in [-0.25, -0.2) is 5.10 Å². The number of benzene rings is 3. The van der Waals surface area contributed by atoms with E-state index in [1.165, 1.54) is 5.56 Å². The second-order valence-corrected chi connectivity index (χ2v) is 7.98. The molecule has 2 N–H and O–H groups in total. The van der Waals surface area contributed by atoms with Crippen LogP contribution in [0.15, 0.2) is 66.7 Å². The van der Waals surface area contributed by atoms with E-state index in [1.807, 2.05) is 41.9 Å². The average Bonchev–Trinajstić information content (AvgIpc) is 3.44. The maximum atomic E-state index is 13.3. The molecule has 7 nitrogen and oxygen atoms in total. The molecular formula is C24H19ClN6O. The summed E-state index contributed by atoms with van der Waals surface area (Å²) < 4.78 is 1.93. The van der Waals surface area contributed by atoms with Crippen LogP contribution in [-0.4, -0.2) is 31.1 Å². The molecule has 0 saturated heterocycles. The van der Waals surface area contributed by atoms with E-state index in [-0.39, 0.29) is 5.91 Å². The monoisotopic (exact) mass is 442 g/mol. The SMILES string of the molecule is Cc1ccccc1-c1cccc2cc(C(=O)Nc3ccc(Cl)cc3-c3nnn[nH]3)n(C)c12. The van der Waals surface area contributed by atoms with Crippen LogP contribution in [0.5, 0.6) is 0 Å². The molecule has 0 spiro atoms. The smallest absolute Gasteiger partial charge is 0.272 e. The zero-order chi connectivity index (χ0) is 22.2. The molecule has 2 aromatic heterocycles. The lowest BCUT2D eigenvalue weighted by Gasteiger charge is -2.12. The first-order valence-corrected chi connectivity index (χ1v) is 10.4. The summed E-state index contributed by atoms with van der Waals surface area (Å²) in [5, 5.41) is 18.4. The van der Waals surface area contributed by atoms with Gasteiger partial charge in [0, 0.05) is 28.6 Å². The van der Waals surface area contributed by atoms with Crippen molar-refractivity contribution in [2.45, 2.75) is 6.92 Å². The summed E-state index contributed by atoms with van der Waals surface area (Å²) in [7, 11) is 1.90. The number of aromatic nitrogens is 5. The van der Waals surface area contributed by atoms with Crippen LogP contribution in [0.3, 0.4) is 0 Å². The summed E-state index contributed by atoms with van der Waals surface area (Å²) >= 11 is 6.16. The second-order valence-electron chi connectivity index (χ2n) is 7.54. The van der Waals surface area contributed by atoms with E-state index >= 15 is 0 Å². The number of rotatable bonds is 4. The number of nitrogens with zero attached hydrogens (tertiary/aromatic N) is 4. The number of amides is 1. The van der Waals surface area contributed by atoms with Gasteiger partial charge in [0.1, 0.15) is 5.69 Å². The van der Waals surface area contributed by atoms with Crippen LogP contribution >= 0.6 is 11.6 Å². The number of carbonyl (C=O) groups excluding carboxylic acids is 1. The summed E-state index contributed by atoms with van der Waals surface area (Å²) in [6.07, 6.45) is 0. The van der Waals surface area contributed by atoms with E-state index in [9.17, 15) is 4.79 Å². The molecule has 5 aromatic rings. The highest BCUT2D eigenvalue weighted by Gasteiger charge is 2.19. The van der Waals surface area contributed by atoms with Gasteiger partial charge in [0.15, 0.2) is 5.82 Å². The van der Waals surface area contributed by atoms with Gasteiger partial charge in [-0.3, -0.25) is 4.79 Å². The lowest BCUT2D eigenvalue weighted by molar-refractivity contribution is 0.102. The number of aryl methyl sites for hydroxylation is 2. The van der Waals surface area contributed by atoms with E-state index in [4.69, 9.17) is 11.6 Å². The van der Waals surface area contributed by atoms with Crippen LogP contribution in [0.25, 0.3) is 33.4 Å². The Bertz CT molecular complexity index is 1460. The number of anilines is 1. The number of tetrazole rings is 1. The molecule has 0 bridgehead atoms. The number of para-hydroxylation sites is 1. The van der Waals surface area contributed by atoms with Crippen molar-refractivity contribution >= 4 is 34.1 Å². The number of hydrogen-bond donors (Lipinski definition) is 2. The molecule has 0 unspecified atom stereocenters. The number of fused-ring (bicyclic) bond motifs is 1. The predicted molar refractivity (Wildman–Crippen MR) is 126 cm³/mol. The van der Waals surface area contributed by atoms with Crippen LogP contribution in [0.2, 0.25) is 5.02 Å². The highest BCUT2D eigenvalue weighted by Crippen LogP contribution is 2.33. The zero-order valence-electron chi connectivity index (χ0n) is 17.4. The standard InChI is InChI=1S/C24H19ClN6O/c1-14-6-3-4-8-17(14)18-9-5-7-15-12-21(31(2)22(15)18)24(32)26-20-11-10-16(25)13-19(20)23-27-29-30-28-23/h3-13H,1-2H3,(H,26,32)(H,27,28,29,30). The van der Waals surface area contributed by atoms with E-state index in [0.717, 1.165) is 22.0 Å². The van der Waals surface area contributed by atoms with Crippen molar-refractivity contribution in [1.29, 1.82) is 0 Å². The maximum Gasteiger partial charge on any atom is 0.272 e. The third-order valence-corrected chi connectivity index (χ3v) is 5.79. The van der Waals surface area contributed by atoms with Crippen molar-refractivity contribution in [3.8, 4) is 22.5 Å². The number of aromatic amines is 1. The van der Waals surface area contributed by atoms with E-state index < -0.39 is 0 Å². The molecule has 0 radical (unpaired) electrons. The Morgan fingerprint density at radius 2 is 1.81 bits per heavy atom. The fourth-order valence-electron chi connectivity index (χ4n) is 4.01. The van der Waals surface area contributed by atoms with Gasteiger partial charge in [-0.15, -0.1) is 5.10 Å². The predicted octanol–water partition coefficient (Wildman–Crippen LogP) is 5.24. The van der Waals surface area contributed by atoms with Gasteiger partial charge in [0.25, 0.3) is 5.91 Å². The first-order chi connectivity index (χ1) is 15.5. The summed E-state index contributed by atoms with van der Waals surface area (Å²) in [5.41, 5.74) is 6.11. The third kappa shape index (κ3) is 3.42. The highest BCUT2D eigenvalue weighted by atomic mass is 35.5. The Hall–Kier alpha value is -3.97. The Kier molecular flexibility index (Phi) is 4.95. The number of nitrogens with one attached hydrogen (secondary N) is 2. The molecule has 3 aromatic carbocycles. The Morgan fingerprint density at radius 1 is 1.00 bits per heavy atom. The minimum absolute atomic E-state index is 0.240. The molecule has 0 aliphatic carbocycles. The van der Waals surface area contributed by atoms with Crippen LogP contribution < -0.4 is 5.32 Å². The summed E-state index contributed by atoms with van der Waals surface area (Å²) in [4.78, 5) is 13.3. The van der Waals surface area contributed by atoms with Gasteiger partial charge in [-0.1, -0.05) is 54.1 Å². The average molecular weight is 443 g/mol. The molecule has 0 fully saturated rings. The molecule has 8 heteroatoms. The molecule has 1 amide bonds. The molecule has 2 heterocycles. The van der Waals surface area contributed by atoms with Crippen molar-refractivity contribution in [1.82, 2.24) is 25.2 Å². The van der Waals surface area contributed by atoms with Crippen molar-refractivity contribution in [2.24, 2.45) is 7.05 Å². The normalized spacial score (nSPS) is 11.1. The highest BCUT2D eigenvalue weighted by molar-refractivity contribution is 6.31. The minimum atomic E-state index is -0.240. The Morgan fingerprint density at radius 3 is 2.59 bits per heavy atom. The molecule has 158 valence electrons. The summed E-state index contributed by atoms with van der Waals surface area (Å²) in [6.45, 7) is 2.09. The van der Waals surface area contributed by atoms with Crippen molar-refractivity contribution < 1.29 is 4.79 Å². The first kappa shape index (κ1) is 20.0. The van der Waals surface area contributed by atoms with Gasteiger partial charge < -0.3 is 9.88 Å². The maximum absolute atomic E-state index is 13.3. The third-order valence-electron chi connectivity index (χ3n) is 5.55. The fraction of sp³-hybridized carbons (Fsp3) is 0.0833. The molecule has 0 aliphatic rings. The molecule has 0 saturated carbocycles. The number of hydrogen-bond acceptors (Lipinski definition) is 4. The Balaban J connectivity index is 1.57. The second kappa shape index (κ2) is 7.94. The van der Waals surface area contributed by atoms with E-state index in [1.54, 1.807) is 18.2 Å². The largest absolute Gasteiger partial charge is 0.339 e. The van der Waals surface area contributed by atoms with E-state index in [0.29, 0.717) is 27.8 Å². The lowest BCUT2D eigenvalue weighted by Crippen LogP contribution is -2.16. The Labute approximate surface area is 189 Å². The molecule has 0 aliphatic heterocycles. The van der Waals surface area contributed by atoms with Crippen molar-refractivity contribution in [3.63, 3.8) is 0 Å². The van der Waals surface area contributed by atoms with Gasteiger partial charge in [-0.05, 0) is 52.7 Å². The van der Waals surface area contributed by atoms with Crippen LogP contribution in [0.1, 0.15) is 16.1 Å². The molecular weight excluding hydrogens is 424 g/mol. The van der Waals surface area contributed by atoms with Crippen LogP contribution in [0.4, 0.5) is 5.69 Å². The number of carbonyl (C=O) groups is 1. The van der Waals surface area contributed by atoms with Gasteiger partial charge in [0.2, 0.25) is 0 Å². The van der Waals surface area contributed by atoms with Crippen LogP contribution in [0, 0.1) is 6.92 Å². The summed E-state index contributed by atoms with van der Waals surface area (Å²) in [6, 6.07) is 21.4. The number of H-pyrrole nitrogens is 1. The molecule has 32 heavy (non-hydrogen) atoms. The van der Waals surface area contributed by atoms with Crippen LogP contribution in [-0.2, 0) is 7.05 Å². The quantitative estimate of drug-likeness (QED) is 0.398. The lowest BCUT2D eigenvalue weighted by atomic mass is 9.99. The van der Waals surface area contributed by atoms with E-state index in [2.05, 4.69) is 51.1 Å². The first-order valence-electron chi connectivity index (χ1n) is 10.0. The van der Waals surface area contributed by atoms with Gasteiger partial charge >= 0.3 is 0 Å². The van der Waals surface area contributed by atoms with Gasteiger partial charge in [0.05, 0.1) is 11.2 Å². The molecule has 5 rings (SSSR count). The topological polar surface area (TPSA) is 88.5 Å². The van der Waals surface area contributed by atoms with Crippen molar-refractivity contribution in [2.75, 3.05) is 5.32 Å². The minimum Gasteiger partial charge on any atom is -0.339 e. The number of halogens is 1. The molecule has 0 atom stereocenters. The fourth-order valence-corrected chi connectivity index (χ4v) is 4.18. The summed E-state index contributed by atoms with van der Waals surface area (Å²) in [5.74, 6) is 0.178. The van der Waals surface area contributed by atoms with Crippen molar-refractivity contribution in [3.05, 3.63) is 83.0 Å².